The molecule has 2 aliphatic heterocycles. The second-order valence-corrected chi connectivity index (χ2v) is 9.58. The van der Waals surface area contributed by atoms with E-state index in [1.165, 1.54) is 62.7 Å². The summed E-state index contributed by atoms with van der Waals surface area (Å²) in [5, 5.41) is 0. The molecule has 2 aliphatic rings. The van der Waals surface area contributed by atoms with Crippen molar-refractivity contribution >= 4 is 34.7 Å². The molecule has 0 bridgehead atoms. The van der Waals surface area contributed by atoms with Gasteiger partial charge in [0, 0.05) is 12.1 Å². The Labute approximate surface area is 192 Å². The number of hydrogen-bond acceptors (Lipinski definition) is 4. The van der Waals surface area contributed by atoms with Crippen LogP contribution >= 0.6 is 0 Å². The van der Waals surface area contributed by atoms with Crippen LogP contribution in [-0.2, 0) is 0 Å². The van der Waals surface area contributed by atoms with E-state index in [9.17, 15) is 0 Å². The van der Waals surface area contributed by atoms with Gasteiger partial charge in [-0.15, -0.1) is 0 Å². The molecule has 170 valence electrons. The summed E-state index contributed by atoms with van der Waals surface area (Å²) in [7, 11) is 4.37. The lowest BCUT2D eigenvalue weighted by Gasteiger charge is -2.28. The third kappa shape index (κ3) is 4.30. The van der Waals surface area contributed by atoms with Gasteiger partial charge in [-0.05, 0) is 37.8 Å². The lowest BCUT2D eigenvalue weighted by atomic mass is 10.1. The highest BCUT2D eigenvalue weighted by Gasteiger charge is 2.38. The van der Waals surface area contributed by atoms with Crippen LogP contribution in [-0.4, -0.2) is 39.1 Å². The molecular formula is C26H38N6+2. The maximum absolute atomic E-state index is 6.27. The number of nitrogens with two attached hydrogens (primary N) is 2. The van der Waals surface area contributed by atoms with Gasteiger partial charge in [0.25, 0.3) is 0 Å². The first-order valence-electron chi connectivity index (χ1n) is 12.0. The summed E-state index contributed by atoms with van der Waals surface area (Å²) in [6.45, 7) is 2.04. The van der Waals surface area contributed by atoms with E-state index >= 15 is 0 Å². The fraction of sp³-hybridized carbons (Fsp3) is 0.462. The molecule has 32 heavy (non-hydrogen) atoms. The quantitative estimate of drug-likeness (QED) is 0.372. The largest absolute Gasteiger partial charge is 0.337 e. The number of para-hydroxylation sites is 4. The zero-order chi connectivity index (χ0) is 22.6. The molecule has 0 amide bonds. The summed E-state index contributed by atoms with van der Waals surface area (Å²) in [4.78, 5) is 9.13. The van der Waals surface area contributed by atoms with E-state index in [1.807, 2.05) is 12.1 Å². The van der Waals surface area contributed by atoms with Crippen molar-refractivity contribution in [3.63, 3.8) is 0 Å². The Kier molecular flexibility index (Phi) is 6.63. The van der Waals surface area contributed by atoms with Crippen molar-refractivity contribution in [2.75, 3.05) is 27.2 Å². The van der Waals surface area contributed by atoms with Crippen molar-refractivity contribution in [3.8, 4) is 0 Å². The lowest BCUT2D eigenvalue weighted by molar-refractivity contribution is 0.448. The summed E-state index contributed by atoms with van der Waals surface area (Å²) < 4.78 is 1.31. The Balaban J connectivity index is 1.10. The smallest absolute Gasteiger partial charge is 0.305 e. The first kappa shape index (κ1) is 22.5. The molecule has 0 fully saturated rings. The Morgan fingerprint density at radius 3 is 1.31 bits per heavy atom. The van der Waals surface area contributed by atoms with Gasteiger partial charge >= 0.3 is 11.9 Å². The number of benzene rings is 2. The monoisotopic (exact) mass is 434 g/mol. The summed E-state index contributed by atoms with van der Waals surface area (Å²) in [6, 6.07) is 16.6. The van der Waals surface area contributed by atoms with Crippen LogP contribution in [0.1, 0.15) is 51.4 Å². The first-order valence-corrected chi connectivity index (χ1v) is 12.0. The summed E-state index contributed by atoms with van der Waals surface area (Å²) >= 11 is 0. The van der Waals surface area contributed by atoms with Gasteiger partial charge in [0.1, 0.15) is 11.4 Å². The minimum atomic E-state index is 0.656. The van der Waals surface area contributed by atoms with Crippen LogP contribution in [0.2, 0.25) is 0 Å². The predicted octanol–water partition coefficient (Wildman–Crippen LogP) is 5.30. The van der Waals surface area contributed by atoms with Crippen molar-refractivity contribution in [2.24, 2.45) is 21.5 Å². The molecule has 4 rings (SSSR count). The molecular weight excluding hydrogens is 396 g/mol. The minimum Gasteiger partial charge on any atom is -0.337 e. The van der Waals surface area contributed by atoms with Crippen LogP contribution in [0.4, 0.5) is 22.7 Å². The van der Waals surface area contributed by atoms with Gasteiger partial charge in [-0.1, -0.05) is 49.9 Å². The number of hydrogen-bond donors (Lipinski definition) is 2. The van der Waals surface area contributed by atoms with E-state index in [-0.39, 0.29) is 0 Å². The average Bonchev–Trinajstić information content (AvgIpc) is 3.20. The van der Waals surface area contributed by atoms with Crippen molar-refractivity contribution in [2.45, 2.75) is 51.4 Å². The van der Waals surface area contributed by atoms with Crippen molar-refractivity contribution < 1.29 is 0 Å². The zero-order valence-corrected chi connectivity index (χ0v) is 19.6. The summed E-state index contributed by atoms with van der Waals surface area (Å²) in [5.41, 5.74) is 17.0. The van der Waals surface area contributed by atoms with E-state index < -0.39 is 0 Å². The molecule has 2 atom stereocenters. The third-order valence-corrected chi connectivity index (χ3v) is 7.27. The van der Waals surface area contributed by atoms with Crippen LogP contribution < -0.4 is 20.4 Å². The molecule has 0 saturated carbocycles. The highest BCUT2D eigenvalue weighted by atomic mass is 15.5. The van der Waals surface area contributed by atoms with Crippen molar-refractivity contribution in [1.29, 1.82) is 0 Å². The van der Waals surface area contributed by atoms with Crippen molar-refractivity contribution in [3.05, 3.63) is 48.5 Å². The molecule has 4 N–H and O–H groups in total. The number of guanidine groups is 2. The molecule has 2 heterocycles. The first-order chi connectivity index (χ1) is 15.4. The molecule has 0 saturated heterocycles. The molecule has 6 nitrogen and oxygen atoms in total. The van der Waals surface area contributed by atoms with Crippen LogP contribution in [0, 0.1) is 0 Å². The maximum Gasteiger partial charge on any atom is 0.305 e. The Hall–Kier alpha value is -2.70. The van der Waals surface area contributed by atoms with Gasteiger partial charge in [-0.3, -0.25) is 0 Å². The number of fused-ring (bicyclic) bond motifs is 2. The second kappa shape index (κ2) is 9.43. The fourth-order valence-corrected chi connectivity index (χ4v) is 5.05. The molecule has 0 radical (unpaired) electrons. The predicted molar refractivity (Wildman–Crippen MR) is 138 cm³/mol. The molecule has 0 aliphatic carbocycles. The Bertz CT molecular complexity index is 931. The number of rotatable bonds is 11. The zero-order valence-electron chi connectivity index (χ0n) is 19.6. The average molecular weight is 435 g/mol. The SMILES string of the molecule is C[N+]1(CCCCCCCCCC[N+]2(C)C(N)=Nc3ccccc32)C(N)=Nc2ccccc21. The Morgan fingerprint density at radius 2 is 0.906 bits per heavy atom. The van der Waals surface area contributed by atoms with Gasteiger partial charge in [0.2, 0.25) is 0 Å². The molecule has 2 unspecified atom stereocenters. The van der Waals surface area contributed by atoms with Gasteiger partial charge in [0.05, 0.1) is 27.2 Å². The standard InChI is InChI=1S/C26H38N6/c1-31(23-17-11-9-15-21(23)29-25(31)27)19-13-7-5-3-4-6-8-14-20-32(2)24-18-12-10-16-22(24)30-26(32)28/h9-12,15-18H,3-8,13-14,19-20H2,1-2H3,(H2,27,29)(H2,28,30)/q+2. The third-order valence-electron chi connectivity index (χ3n) is 7.27. The van der Waals surface area contributed by atoms with E-state index in [0.29, 0.717) is 20.9 Å². The number of aliphatic imine (C=N–C) groups is 2. The summed E-state index contributed by atoms with van der Waals surface area (Å²) in [5.74, 6) is 1.43. The van der Waals surface area contributed by atoms with Gasteiger partial charge < -0.3 is 11.5 Å². The van der Waals surface area contributed by atoms with Crippen LogP contribution in [0.5, 0.6) is 0 Å². The van der Waals surface area contributed by atoms with Gasteiger partial charge in [0.15, 0.2) is 11.4 Å². The Morgan fingerprint density at radius 1 is 0.562 bits per heavy atom. The van der Waals surface area contributed by atoms with Gasteiger partial charge in [-0.2, -0.15) is 9.98 Å². The topological polar surface area (TPSA) is 76.8 Å². The normalized spacial score (nSPS) is 23.6. The molecule has 2 aromatic rings. The van der Waals surface area contributed by atoms with Crippen molar-refractivity contribution in [1.82, 2.24) is 8.97 Å². The number of nitrogens with zero attached hydrogens (tertiary/aromatic N) is 4. The molecule has 6 heteroatoms. The van der Waals surface area contributed by atoms with Crippen LogP contribution in [0.25, 0.3) is 0 Å². The maximum atomic E-state index is 6.27. The van der Waals surface area contributed by atoms with Gasteiger partial charge in [-0.25, -0.2) is 8.97 Å². The van der Waals surface area contributed by atoms with E-state index in [0.717, 1.165) is 24.5 Å². The number of quaternary nitrogens is 2. The van der Waals surface area contributed by atoms with E-state index in [4.69, 9.17) is 11.5 Å². The van der Waals surface area contributed by atoms with Crippen LogP contribution in [0.3, 0.4) is 0 Å². The molecule has 0 aromatic heterocycles. The van der Waals surface area contributed by atoms with E-state index in [2.05, 4.69) is 60.5 Å². The molecule has 2 aromatic carbocycles. The molecule has 0 spiro atoms. The van der Waals surface area contributed by atoms with E-state index in [1.54, 1.807) is 0 Å². The fourth-order valence-electron chi connectivity index (χ4n) is 5.05. The highest BCUT2D eigenvalue weighted by molar-refractivity contribution is 6.00. The minimum absolute atomic E-state index is 0.656. The second-order valence-electron chi connectivity index (χ2n) is 9.58. The van der Waals surface area contributed by atoms with Crippen LogP contribution in [0.15, 0.2) is 58.5 Å². The summed E-state index contributed by atoms with van der Waals surface area (Å²) in [6.07, 6.45) is 10.1. The number of unbranched alkanes of at least 4 members (excludes halogenated alkanes) is 7. The highest BCUT2D eigenvalue weighted by Crippen LogP contribution is 2.39. The lowest BCUT2D eigenvalue weighted by Crippen LogP contribution is -2.53.